The van der Waals surface area contributed by atoms with E-state index in [0.29, 0.717) is 6.04 Å². The molecule has 1 atom stereocenters. The fraction of sp³-hybridized carbons (Fsp3) is 0.643. The van der Waals surface area contributed by atoms with Crippen molar-refractivity contribution in [1.82, 2.24) is 10.3 Å². The summed E-state index contributed by atoms with van der Waals surface area (Å²) in [6.45, 7) is 4.38. The minimum atomic E-state index is 0.658. The van der Waals surface area contributed by atoms with Gasteiger partial charge in [0.05, 0.1) is 0 Å². The molecule has 17 heavy (non-hydrogen) atoms. The van der Waals surface area contributed by atoms with Crippen LogP contribution < -0.4 is 10.2 Å². The quantitative estimate of drug-likeness (QED) is 0.865. The highest BCUT2D eigenvalue weighted by molar-refractivity contribution is 5.42. The van der Waals surface area contributed by atoms with E-state index < -0.39 is 0 Å². The van der Waals surface area contributed by atoms with Crippen LogP contribution in [0.3, 0.4) is 0 Å². The summed E-state index contributed by atoms with van der Waals surface area (Å²) in [5.74, 6) is 1.16. The van der Waals surface area contributed by atoms with Gasteiger partial charge in [-0.15, -0.1) is 0 Å². The Bertz CT molecular complexity index is 351. The molecule has 0 aliphatic carbocycles. The van der Waals surface area contributed by atoms with E-state index in [-0.39, 0.29) is 0 Å². The molecular formula is C14H23N3. The molecule has 2 rings (SSSR count). The molecule has 1 aromatic rings. The average Bonchev–Trinajstić information content (AvgIpc) is 2.37. The molecule has 0 bridgehead atoms. The Morgan fingerprint density at radius 2 is 2.35 bits per heavy atom. The maximum Gasteiger partial charge on any atom is 0.128 e. The van der Waals surface area contributed by atoms with Crippen LogP contribution in [0.2, 0.25) is 0 Å². The molecule has 0 radical (unpaired) electrons. The smallest absolute Gasteiger partial charge is 0.128 e. The van der Waals surface area contributed by atoms with Crippen LogP contribution in [0.4, 0.5) is 5.82 Å². The van der Waals surface area contributed by atoms with Crippen molar-refractivity contribution in [1.29, 1.82) is 0 Å². The van der Waals surface area contributed by atoms with E-state index >= 15 is 0 Å². The van der Waals surface area contributed by atoms with Crippen LogP contribution >= 0.6 is 0 Å². The van der Waals surface area contributed by atoms with Gasteiger partial charge in [0.15, 0.2) is 0 Å². The van der Waals surface area contributed by atoms with Gasteiger partial charge < -0.3 is 10.2 Å². The molecule has 1 aliphatic rings. The molecule has 3 heteroatoms. The van der Waals surface area contributed by atoms with E-state index in [2.05, 4.69) is 34.3 Å². The van der Waals surface area contributed by atoms with E-state index in [1.807, 2.05) is 13.2 Å². The first-order valence-electron chi connectivity index (χ1n) is 6.65. The average molecular weight is 233 g/mol. The maximum atomic E-state index is 4.53. The Balaban J connectivity index is 2.10. The lowest BCUT2D eigenvalue weighted by Gasteiger charge is -2.37. The van der Waals surface area contributed by atoms with E-state index in [1.54, 1.807) is 0 Å². The number of rotatable bonds is 4. The number of aryl methyl sites for hydroxylation is 1. The molecule has 2 heterocycles. The molecule has 3 nitrogen and oxygen atoms in total. The van der Waals surface area contributed by atoms with Gasteiger partial charge in [-0.05, 0) is 63.9 Å². The number of hydrogen-bond acceptors (Lipinski definition) is 3. The van der Waals surface area contributed by atoms with Gasteiger partial charge in [-0.3, -0.25) is 0 Å². The lowest BCUT2D eigenvalue weighted by Crippen LogP contribution is -2.41. The first-order valence-corrected chi connectivity index (χ1v) is 6.65. The zero-order valence-electron chi connectivity index (χ0n) is 10.9. The maximum absolute atomic E-state index is 4.53. The van der Waals surface area contributed by atoms with Gasteiger partial charge in [0.25, 0.3) is 0 Å². The highest BCUT2D eigenvalue weighted by Gasteiger charge is 2.22. The fourth-order valence-corrected chi connectivity index (χ4v) is 2.59. The summed E-state index contributed by atoms with van der Waals surface area (Å²) in [5, 5.41) is 3.25. The first-order chi connectivity index (χ1) is 8.31. The van der Waals surface area contributed by atoms with Crippen molar-refractivity contribution in [3.8, 4) is 0 Å². The summed E-state index contributed by atoms with van der Waals surface area (Å²) in [5.41, 5.74) is 1.30. The third-order valence-electron chi connectivity index (χ3n) is 3.55. The lowest BCUT2D eigenvalue weighted by molar-refractivity contribution is 0.430. The summed E-state index contributed by atoms with van der Waals surface area (Å²) < 4.78 is 0. The third-order valence-corrected chi connectivity index (χ3v) is 3.55. The molecule has 1 N–H and O–H groups in total. The lowest BCUT2D eigenvalue weighted by atomic mass is 9.99. The van der Waals surface area contributed by atoms with Crippen LogP contribution in [0.5, 0.6) is 0 Å². The van der Waals surface area contributed by atoms with Crippen molar-refractivity contribution < 1.29 is 0 Å². The SMILES string of the molecule is CNCCC1CCCCN1c1cc(C)ccn1. The molecule has 0 aromatic carbocycles. The van der Waals surface area contributed by atoms with Crippen molar-refractivity contribution in [2.24, 2.45) is 0 Å². The molecule has 94 valence electrons. The van der Waals surface area contributed by atoms with Gasteiger partial charge in [-0.25, -0.2) is 4.98 Å². The van der Waals surface area contributed by atoms with Gasteiger partial charge >= 0.3 is 0 Å². The van der Waals surface area contributed by atoms with Crippen molar-refractivity contribution in [2.75, 3.05) is 25.0 Å². The number of hydrogen-bond donors (Lipinski definition) is 1. The topological polar surface area (TPSA) is 28.2 Å². The monoisotopic (exact) mass is 233 g/mol. The predicted octanol–water partition coefficient (Wildman–Crippen LogP) is 2.36. The Morgan fingerprint density at radius 1 is 1.47 bits per heavy atom. The highest BCUT2D eigenvalue weighted by Crippen LogP contribution is 2.25. The molecule has 0 amide bonds. The Hall–Kier alpha value is -1.09. The minimum Gasteiger partial charge on any atom is -0.354 e. The van der Waals surface area contributed by atoms with E-state index in [4.69, 9.17) is 0 Å². The normalized spacial score (nSPS) is 20.6. The zero-order valence-corrected chi connectivity index (χ0v) is 10.9. The molecule has 1 unspecified atom stereocenters. The van der Waals surface area contributed by atoms with Crippen LogP contribution in [-0.4, -0.2) is 31.2 Å². The molecule has 1 aliphatic heterocycles. The van der Waals surface area contributed by atoms with Crippen LogP contribution in [0.15, 0.2) is 18.3 Å². The van der Waals surface area contributed by atoms with Gasteiger partial charge in [0.2, 0.25) is 0 Å². The van der Waals surface area contributed by atoms with Crippen molar-refractivity contribution in [3.05, 3.63) is 23.9 Å². The fourth-order valence-electron chi connectivity index (χ4n) is 2.59. The standard InChI is InChI=1S/C14H23N3/c1-12-6-9-16-14(11-12)17-10-4-3-5-13(17)7-8-15-2/h6,9,11,13,15H,3-5,7-8,10H2,1-2H3. The van der Waals surface area contributed by atoms with Crippen LogP contribution in [0, 0.1) is 6.92 Å². The van der Waals surface area contributed by atoms with Crippen LogP contribution in [0.25, 0.3) is 0 Å². The highest BCUT2D eigenvalue weighted by atomic mass is 15.2. The largest absolute Gasteiger partial charge is 0.354 e. The second-order valence-corrected chi connectivity index (χ2v) is 4.93. The van der Waals surface area contributed by atoms with Gasteiger partial charge in [0.1, 0.15) is 5.82 Å². The molecule has 1 aromatic heterocycles. The van der Waals surface area contributed by atoms with Crippen LogP contribution in [0.1, 0.15) is 31.2 Å². The summed E-state index contributed by atoms with van der Waals surface area (Å²) >= 11 is 0. The summed E-state index contributed by atoms with van der Waals surface area (Å²) in [6.07, 6.45) is 7.10. The second kappa shape index (κ2) is 6.01. The Kier molecular flexibility index (Phi) is 4.37. The zero-order chi connectivity index (χ0) is 12.1. The van der Waals surface area contributed by atoms with E-state index in [1.165, 1.54) is 31.2 Å². The van der Waals surface area contributed by atoms with E-state index in [9.17, 15) is 0 Å². The molecule has 1 saturated heterocycles. The first kappa shape index (κ1) is 12.4. The van der Waals surface area contributed by atoms with Crippen LogP contribution in [-0.2, 0) is 0 Å². The summed E-state index contributed by atoms with van der Waals surface area (Å²) in [6, 6.07) is 4.93. The molecule has 0 spiro atoms. The number of aromatic nitrogens is 1. The van der Waals surface area contributed by atoms with Crippen molar-refractivity contribution >= 4 is 5.82 Å². The number of pyridine rings is 1. The summed E-state index contributed by atoms with van der Waals surface area (Å²) in [7, 11) is 2.03. The second-order valence-electron chi connectivity index (χ2n) is 4.93. The summed E-state index contributed by atoms with van der Waals surface area (Å²) in [4.78, 5) is 7.02. The Labute approximate surface area is 104 Å². The number of piperidine rings is 1. The number of anilines is 1. The molecular weight excluding hydrogens is 210 g/mol. The predicted molar refractivity (Wildman–Crippen MR) is 72.5 cm³/mol. The third kappa shape index (κ3) is 3.19. The Morgan fingerprint density at radius 3 is 3.12 bits per heavy atom. The van der Waals surface area contributed by atoms with Crippen molar-refractivity contribution in [2.45, 2.75) is 38.6 Å². The number of nitrogens with one attached hydrogen (secondary N) is 1. The van der Waals surface area contributed by atoms with Gasteiger partial charge in [-0.1, -0.05) is 0 Å². The van der Waals surface area contributed by atoms with Crippen molar-refractivity contribution in [3.63, 3.8) is 0 Å². The molecule has 0 saturated carbocycles. The van der Waals surface area contributed by atoms with Gasteiger partial charge in [-0.2, -0.15) is 0 Å². The molecule has 1 fully saturated rings. The minimum absolute atomic E-state index is 0.658. The van der Waals surface area contributed by atoms with E-state index in [0.717, 1.165) is 18.9 Å². The van der Waals surface area contributed by atoms with Gasteiger partial charge in [0, 0.05) is 18.8 Å². The number of nitrogens with zero attached hydrogens (tertiary/aromatic N) is 2.